The van der Waals surface area contributed by atoms with E-state index in [9.17, 15) is 18.0 Å². The predicted octanol–water partition coefficient (Wildman–Crippen LogP) is 4.29. The predicted molar refractivity (Wildman–Crippen MR) is 147 cm³/mol. The first kappa shape index (κ1) is 27.5. The first-order chi connectivity index (χ1) is 18.2. The van der Waals surface area contributed by atoms with E-state index in [4.69, 9.17) is 16.3 Å². The second-order valence-corrected chi connectivity index (χ2v) is 11.4. The van der Waals surface area contributed by atoms with Gasteiger partial charge in [-0.2, -0.15) is 0 Å². The third kappa shape index (κ3) is 6.28. The van der Waals surface area contributed by atoms with Crippen LogP contribution in [0, 0.1) is 6.92 Å². The fourth-order valence-electron chi connectivity index (χ4n) is 4.34. The molecule has 0 radical (unpaired) electrons. The Morgan fingerprint density at radius 2 is 1.79 bits per heavy atom. The lowest BCUT2D eigenvalue weighted by molar-refractivity contribution is -0.128. The number of carbonyl (C=O) groups is 2. The highest BCUT2D eigenvalue weighted by atomic mass is 35.5. The van der Waals surface area contributed by atoms with Crippen LogP contribution in [-0.4, -0.2) is 45.3 Å². The number of aryl methyl sites for hydroxylation is 1. The van der Waals surface area contributed by atoms with E-state index >= 15 is 0 Å². The molecule has 1 heterocycles. The smallest absolute Gasteiger partial charge is 0.264 e. The van der Waals surface area contributed by atoms with Crippen LogP contribution in [0.2, 0.25) is 5.02 Å². The zero-order chi connectivity index (χ0) is 27.3. The number of nitrogens with zero attached hydrogens (tertiary/aromatic N) is 2. The molecular weight excluding hydrogens is 526 g/mol. The van der Waals surface area contributed by atoms with Crippen LogP contribution >= 0.6 is 11.6 Å². The minimum Gasteiger partial charge on any atom is -0.495 e. The van der Waals surface area contributed by atoms with Gasteiger partial charge in [0, 0.05) is 31.1 Å². The Labute approximate surface area is 228 Å². The highest BCUT2D eigenvalue weighted by Gasteiger charge is 2.30. The molecule has 10 heteroatoms. The Balaban J connectivity index is 1.58. The minimum absolute atomic E-state index is 0.0403. The van der Waals surface area contributed by atoms with Gasteiger partial charge in [0.05, 0.1) is 17.7 Å². The molecule has 1 aliphatic rings. The molecule has 0 bridgehead atoms. The molecule has 3 aromatic carbocycles. The summed E-state index contributed by atoms with van der Waals surface area (Å²) in [6, 6.07) is 18.6. The number of amides is 2. The van der Waals surface area contributed by atoms with E-state index in [2.05, 4.69) is 5.32 Å². The Morgan fingerprint density at radius 3 is 2.45 bits per heavy atom. The van der Waals surface area contributed by atoms with Crippen LogP contribution in [0.1, 0.15) is 29.5 Å². The van der Waals surface area contributed by atoms with Gasteiger partial charge in [-0.15, -0.1) is 0 Å². The maximum absolute atomic E-state index is 13.7. The number of hydrogen-bond donors (Lipinski definition) is 1. The van der Waals surface area contributed by atoms with Crippen molar-refractivity contribution in [2.24, 2.45) is 0 Å². The number of halogens is 1. The summed E-state index contributed by atoms with van der Waals surface area (Å²) in [6.07, 6.45) is 1.40. The minimum atomic E-state index is -4.14. The van der Waals surface area contributed by atoms with Gasteiger partial charge >= 0.3 is 0 Å². The van der Waals surface area contributed by atoms with Crippen LogP contribution in [0.15, 0.2) is 71.6 Å². The molecule has 1 aliphatic heterocycles. The number of hydrogen-bond acceptors (Lipinski definition) is 5. The van der Waals surface area contributed by atoms with Gasteiger partial charge < -0.3 is 15.0 Å². The molecule has 0 unspecified atom stereocenters. The molecule has 200 valence electrons. The van der Waals surface area contributed by atoms with Crippen molar-refractivity contribution in [2.45, 2.75) is 37.8 Å². The SMILES string of the molecule is COc1ccc(Cl)cc1N(CC(=O)NCc1ccccc1CN1CCCC1=O)S(=O)(=O)c1ccc(C)cc1. The zero-order valence-corrected chi connectivity index (χ0v) is 22.9. The van der Waals surface area contributed by atoms with Crippen LogP contribution in [0.4, 0.5) is 5.69 Å². The summed E-state index contributed by atoms with van der Waals surface area (Å²) in [6.45, 7) is 2.74. The lowest BCUT2D eigenvalue weighted by Gasteiger charge is -2.26. The second-order valence-electron chi connectivity index (χ2n) is 9.11. The largest absolute Gasteiger partial charge is 0.495 e. The molecule has 3 aromatic rings. The molecule has 2 amide bonds. The summed E-state index contributed by atoms with van der Waals surface area (Å²) < 4.78 is 33.9. The monoisotopic (exact) mass is 555 g/mol. The maximum atomic E-state index is 13.7. The van der Waals surface area contributed by atoms with Crippen molar-refractivity contribution in [2.75, 3.05) is 24.5 Å². The molecule has 4 rings (SSSR count). The molecular formula is C28H30ClN3O5S. The van der Waals surface area contributed by atoms with E-state index in [1.807, 2.05) is 36.1 Å². The fourth-order valence-corrected chi connectivity index (χ4v) is 5.93. The summed E-state index contributed by atoms with van der Waals surface area (Å²) >= 11 is 6.20. The molecule has 0 aromatic heterocycles. The van der Waals surface area contributed by atoms with Crippen molar-refractivity contribution in [3.8, 4) is 5.75 Å². The maximum Gasteiger partial charge on any atom is 0.264 e. The molecule has 38 heavy (non-hydrogen) atoms. The van der Waals surface area contributed by atoms with Gasteiger partial charge in [0.1, 0.15) is 12.3 Å². The highest BCUT2D eigenvalue weighted by Crippen LogP contribution is 2.34. The van der Waals surface area contributed by atoms with Crippen LogP contribution < -0.4 is 14.4 Å². The van der Waals surface area contributed by atoms with E-state index in [1.54, 1.807) is 24.3 Å². The van der Waals surface area contributed by atoms with Gasteiger partial charge in [-0.1, -0.05) is 53.6 Å². The summed E-state index contributed by atoms with van der Waals surface area (Å²) in [5, 5.41) is 3.14. The first-order valence-corrected chi connectivity index (χ1v) is 14.0. The Bertz CT molecular complexity index is 1430. The Kier molecular flexibility index (Phi) is 8.58. The van der Waals surface area contributed by atoms with Crippen molar-refractivity contribution >= 4 is 39.1 Å². The van der Waals surface area contributed by atoms with Crippen LogP contribution in [0.3, 0.4) is 0 Å². The Morgan fingerprint density at radius 1 is 1.08 bits per heavy atom. The number of rotatable bonds is 10. The number of sulfonamides is 1. The lowest BCUT2D eigenvalue weighted by Crippen LogP contribution is -2.41. The summed E-state index contributed by atoms with van der Waals surface area (Å²) in [5.41, 5.74) is 2.85. The van der Waals surface area contributed by atoms with Gasteiger partial charge in [-0.25, -0.2) is 8.42 Å². The molecule has 1 saturated heterocycles. The van der Waals surface area contributed by atoms with Crippen LogP contribution in [0.25, 0.3) is 0 Å². The van der Waals surface area contributed by atoms with Crippen LogP contribution in [-0.2, 0) is 32.7 Å². The number of nitrogens with one attached hydrogen (secondary N) is 1. The second kappa shape index (κ2) is 11.9. The number of ether oxygens (including phenoxy) is 1. The normalized spacial score (nSPS) is 13.4. The number of benzene rings is 3. The van der Waals surface area contributed by atoms with Gasteiger partial charge in [0.2, 0.25) is 11.8 Å². The molecule has 0 spiro atoms. The third-order valence-electron chi connectivity index (χ3n) is 6.43. The average molecular weight is 556 g/mol. The summed E-state index contributed by atoms with van der Waals surface area (Å²) in [4.78, 5) is 27.1. The van der Waals surface area contributed by atoms with Crippen molar-refractivity contribution < 1.29 is 22.7 Å². The highest BCUT2D eigenvalue weighted by molar-refractivity contribution is 7.92. The molecule has 1 N–H and O–H groups in total. The summed E-state index contributed by atoms with van der Waals surface area (Å²) in [7, 11) is -2.72. The quantitative estimate of drug-likeness (QED) is 0.402. The molecule has 0 saturated carbocycles. The zero-order valence-electron chi connectivity index (χ0n) is 21.3. The number of anilines is 1. The molecule has 0 atom stereocenters. The van der Waals surface area contributed by atoms with Crippen molar-refractivity contribution in [3.63, 3.8) is 0 Å². The third-order valence-corrected chi connectivity index (χ3v) is 8.44. The van der Waals surface area contributed by atoms with E-state index in [-0.39, 0.29) is 28.8 Å². The van der Waals surface area contributed by atoms with Gasteiger partial charge in [-0.3, -0.25) is 13.9 Å². The lowest BCUT2D eigenvalue weighted by atomic mass is 10.1. The number of likely N-dealkylation sites (tertiary alicyclic amines) is 1. The molecule has 0 aliphatic carbocycles. The van der Waals surface area contributed by atoms with Gasteiger partial charge in [0.15, 0.2) is 0 Å². The Hall–Kier alpha value is -3.56. The molecule has 8 nitrogen and oxygen atoms in total. The van der Waals surface area contributed by atoms with Gasteiger partial charge in [0.25, 0.3) is 10.0 Å². The number of carbonyl (C=O) groups excluding carboxylic acids is 2. The average Bonchev–Trinajstić information content (AvgIpc) is 3.31. The van der Waals surface area contributed by atoms with Crippen molar-refractivity contribution in [3.05, 3.63) is 88.4 Å². The van der Waals surface area contributed by atoms with E-state index in [0.29, 0.717) is 24.5 Å². The topological polar surface area (TPSA) is 96.0 Å². The fraction of sp³-hybridized carbons (Fsp3) is 0.286. The van der Waals surface area contributed by atoms with E-state index in [1.165, 1.54) is 25.3 Å². The first-order valence-electron chi connectivity index (χ1n) is 12.2. The molecule has 1 fully saturated rings. The van der Waals surface area contributed by atoms with Crippen molar-refractivity contribution in [1.29, 1.82) is 0 Å². The van der Waals surface area contributed by atoms with E-state index < -0.39 is 22.5 Å². The van der Waals surface area contributed by atoms with Crippen LogP contribution in [0.5, 0.6) is 5.75 Å². The van der Waals surface area contributed by atoms with E-state index in [0.717, 1.165) is 27.4 Å². The van der Waals surface area contributed by atoms with Gasteiger partial charge in [-0.05, 0) is 54.8 Å². The standard InChI is InChI=1S/C28H30ClN3O5S/c1-20-9-12-24(13-10-20)38(35,36)32(25-16-23(29)11-14-26(25)37-2)19-27(33)30-17-21-6-3-4-7-22(21)18-31-15-5-8-28(31)34/h3-4,6-7,9-14,16H,5,8,15,17-19H2,1-2H3,(H,30,33). The van der Waals surface area contributed by atoms with Crippen molar-refractivity contribution in [1.82, 2.24) is 10.2 Å². The number of methoxy groups -OCH3 is 1. The summed E-state index contributed by atoms with van der Waals surface area (Å²) in [5.74, 6) is -0.121.